The summed E-state index contributed by atoms with van der Waals surface area (Å²) in [6, 6.07) is 1.55. The van der Waals surface area contributed by atoms with Crippen LogP contribution in [0, 0.1) is 21.4 Å². The molecule has 0 amide bonds. The first-order valence-corrected chi connectivity index (χ1v) is 5.63. The van der Waals surface area contributed by atoms with E-state index in [4.69, 9.17) is 10.4 Å². The summed E-state index contributed by atoms with van der Waals surface area (Å²) >= 11 is 0. The second-order valence-corrected chi connectivity index (χ2v) is 4.49. The first-order chi connectivity index (χ1) is 8.18. The Hall–Kier alpha value is -2.19. The molecular formula is C7H4F2N4O4S. The molecule has 0 aliphatic carbocycles. The van der Waals surface area contributed by atoms with Crippen LogP contribution >= 0.6 is 0 Å². The van der Waals surface area contributed by atoms with Gasteiger partial charge in [-0.05, 0) is 9.91 Å². The maximum absolute atomic E-state index is 12.4. The highest BCUT2D eigenvalue weighted by Gasteiger charge is 2.30. The van der Waals surface area contributed by atoms with Crippen LogP contribution in [0.4, 0.5) is 14.6 Å². The molecule has 0 unspecified atom stereocenters. The molecule has 2 N–H and O–H groups in total. The number of hydrogen-bond acceptors (Lipinski definition) is 6. The number of aromatic nitrogens is 1. The van der Waals surface area contributed by atoms with Crippen molar-refractivity contribution in [2.45, 2.75) is 11.3 Å². The molecule has 0 radical (unpaired) electrons. The molecule has 0 aliphatic heterocycles. The van der Waals surface area contributed by atoms with Gasteiger partial charge in [0.25, 0.3) is 0 Å². The average molecular weight is 278 g/mol. The maximum Gasteiger partial charge on any atom is 0.383 e. The van der Waals surface area contributed by atoms with Gasteiger partial charge < -0.3 is 10.1 Å². The van der Waals surface area contributed by atoms with Gasteiger partial charge in [0.05, 0.1) is 0 Å². The Balaban J connectivity index is 3.80. The fourth-order valence-corrected chi connectivity index (χ4v) is 1.81. The number of nitro groups is 1. The number of rotatable bonds is 3. The van der Waals surface area contributed by atoms with Gasteiger partial charge in [0.15, 0.2) is 5.56 Å². The normalized spacial score (nSPS) is 11.3. The minimum absolute atomic E-state index is 0.339. The maximum atomic E-state index is 12.4. The molecule has 96 valence electrons. The van der Waals surface area contributed by atoms with E-state index in [0.717, 1.165) is 0 Å². The molecule has 18 heavy (non-hydrogen) atoms. The van der Waals surface area contributed by atoms with Crippen LogP contribution < -0.4 is 5.14 Å². The van der Waals surface area contributed by atoms with E-state index in [9.17, 15) is 27.3 Å². The number of halogens is 2. The minimum atomic E-state index is -4.56. The van der Waals surface area contributed by atoms with E-state index in [2.05, 4.69) is 4.98 Å². The van der Waals surface area contributed by atoms with E-state index in [0.29, 0.717) is 6.07 Å². The summed E-state index contributed by atoms with van der Waals surface area (Å²) in [5.74, 6) is -1.28. The van der Waals surface area contributed by atoms with Crippen molar-refractivity contribution in [3.05, 3.63) is 27.4 Å². The van der Waals surface area contributed by atoms with Gasteiger partial charge in [0.2, 0.25) is 15.7 Å². The predicted molar refractivity (Wildman–Crippen MR) is 51.9 cm³/mol. The molecule has 0 aromatic carbocycles. The van der Waals surface area contributed by atoms with Crippen molar-refractivity contribution in [3.63, 3.8) is 0 Å². The molecule has 0 saturated carbocycles. The number of sulfonamides is 1. The molecule has 0 saturated heterocycles. The van der Waals surface area contributed by atoms with Crippen LogP contribution in [0.3, 0.4) is 0 Å². The van der Waals surface area contributed by atoms with Gasteiger partial charge in [0.1, 0.15) is 11.0 Å². The van der Waals surface area contributed by atoms with Gasteiger partial charge in [0, 0.05) is 6.07 Å². The highest BCUT2D eigenvalue weighted by Crippen LogP contribution is 2.27. The molecule has 0 aliphatic rings. The Labute approximate surface area is 98.9 Å². The number of pyridine rings is 1. The average Bonchev–Trinajstić information content (AvgIpc) is 2.25. The lowest BCUT2D eigenvalue weighted by molar-refractivity contribution is -0.390. The molecule has 1 heterocycles. The molecular weight excluding hydrogens is 274 g/mol. The Kier molecular flexibility index (Phi) is 3.54. The van der Waals surface area contributed by atoms with E-state index in [1.54, 1.807) is 0 Å². The van der Waals surface area contributed by atoms with Gasteiger partial charge in [-0.2, -0.15) is 5.26 Å². The van der Waals surface area contributed by atoms with Gasteiger partial charge in [-0.1, -0.05) is 0 Å². The van der Waals surface area contributed by atoms with Crippen LogP contribution in [0.5, 0.6) is 0 Å². The Bertz CT molecular complexity index is 652. The fourth-order valence-electron chi connectivity index (χ4n) is 1.10. The monoisotopic (exact) mass is 278 g/mol. The van der Waals surface area contributed by atoms with Crippen LogP contribution in [0.1, 0.15) is 17.7 Å². The molecule has 1 aromatic rings. The number of hydrogen-bond donors (Lipinski definition) is 1. The van der Waals surface area contributed by atoms with Gasteiger partial charge in [-0.15, -0.1) is 0 Å². The number of nitriles is 1. The SMILES string of the molecule is N#Cc1c(S(N)(=O)=O)cc(C(F)F)nc1[N+](=O)[O-]. The molecule has 0 atom stereocenters. The van der Waals surface area contributed by atoms with Crippen molar-refractivity contribution < 1.29 is 22.1 Å². The number of primary sulfonamides is 1. The molecule has 11 heteroatoms. The number of nitrogens with two attached hydrogens (primary N) is 1. The van der Waals surface area contributed by atoms with Crippen LogP contribution in [-0.4, -0.2) is 18.3 Å². The van der Waals surface area contributed by atoms with Crippen molar-refractivity contribution in [1.82, 2.24) is 4.98 Å². The predicted octanol–water partition coefficient (Wildman–Crippen LogP) is 0.446. The van der Waals surface area contributed by atoms with Gasteiger partial charge in [-0.25, -0.2) is 22.3 Å². The Morgan fingerprint density at radius 2 is 2.11 bits per heavy atom. The highest BCUT2D eigenvalue weighted by molar-refractivity contribution is 7.89. The van der Waals surface area contributed by atoms with Crippen LogP contribution in [-0.2, 0) is 10.0 Å². The third kappa shape index (κ3) is 2.55. The molecule has 0 fully saturated rings. The number of alkyl halides is 2. The van der Waals surface area contributed by atoms with E-state index < -0.39 is 43.3 Å². The molecule has 1 rings (SSSR count). The van der Waals surface area contributed by atoms with Crippen molar-refractivity contribution >= 4 is 15.8 Å². The second kappa shape index (κ2) is 4.59. The van der Waals surface area contributed by atoms with Crippen molar-refractivity contribution in [2.24, 2.45) is 5.14 Å². The van der Waals surface area contributed by atoms with Gasteiger partial charge >= 0.3 is 12.2 Å². The van der Waals surface area contributed by atoms with E-state index in [1.165, 1.54) is 6.07 Å². The zero-order valence-corrected chi connectivity index (χ0v) is 9.19. The fraction of sp³-hybridized carbons (Fsp3) is 0.143. The van der Waals surface area contributed by atoms with Crippen LogP contribution in [0.2, 0.25) is 0 Å². The van der Waals surface area contributed by atoms with Crippen molar-refractivity contribution in [3.8, 4) is 6.07 Å². The largest absolute Gasteiger partial charge is 0.383 e. The number of nitrogens with zero attached hydrogens (tertiary/aromatic N) is 3. The third-order valence-corrected chi connectivity index (χ3v) is 2.73. The summed E-state index contributed by atoms with van der Waals surface area (Å²) in [7, 11) is -4.56. The van der Waals surface area contributed by atoms with Gasteiger partial charge in [-0.3, -0.25) is 0 Å². The third-order valence-electron chi connectivity index (χ3n) is 1.80. The quantitative estimate of drug-likeness (QED) is 0.628. The molecule has 0 spiro atoms. The van der Waals surface area contributed by atoms with E-state index in [-0.39, 0.29) is 0 Å². The topological polar surface area (TPSA) is 140 Å². The zero-order valence-electron chi connectivity index (χ0n) is 8.37. The summed E-state index contributed by atoms with van der Waals surface area (Å²) in [6.07, 6.45) is -3.24. The molecule has 8 nitrogen and oxygen atoms in total. The lowest BCUT2D eigenvalue weighted by Crippen LogP contribution is -2.16. The highest BCUT2D eigenvalue weighted by atomic mass is 32.2. The Morgan fingerprint density at radius 3 is 2.44 bits per heavy atom. The lowest BCUT2D eigenvalue weighted by Gasteiger charge is -2.03. The summed E-state index contributed by atoms with van der Waals surface area (Å²) < 4.78 is 47.0. The summed E-state index contributed by atoms with van der Waals surface area (Å²) in [5, 5.41) is 23.9. The smallest absolute Gasteiger partial charge is 0.358 e. The zero-order chi connectivity index (χ0) is 14.1. The first kappa shape index (κ1) is 13.9. The first-order valence-electron chi connectivity index (χ1n) is 4.09. The molecule has 0 bridgehead atoms. The minimum Gasteiger partial charge on any atom is -0.358 e. The van der Waals surface area contributed by atoms with E-state index >= 15 is 0 Å². The van der Waals surface area contributed by atoms with Crippen LogP contribution in [0.15, 0.2) is 11.0 Å². The standard InChI is InChI=1S/C7H4F2N4O4S/c8-6(9)4-1-5(18(11,16)17)3(2-10)7(12-4)13(14)15/h1,6H,(H2,11,16,17). The Morgan fingerprint density at radius 1 is 1.56 bits per heavy atom. The van der Waals surface area contributed by atoms with E-state index in [1.807, 2.05) is 0 Å². The van der Waals surface area contributed by atoms with Crippen molar-refractivity contribution in [2.75, 3.05) is 0 Å². The lowest BCUT2D eigenvalue weighted by atomic mass is 10.2. The summed E-state index contributed by atoms with van der Waals surface area (Å²) in [4.78, 5) is 11.2. The molecule has 1 aromatic heterocycles. The van der Waals surface area contributed by atoms with Crippen LogP contribution in [0.25, 0.3) is 0 Å². The second-order valence-electron chi connectivity index (χ2n) is 2.96. The summed E-state index contributed by atoms with van der Waals surface area (Å²) in [5.41, 5.74) is -2.13. The summed E-state index contributed by atoms with van der Waals surface area (Å²) in [6.45, 7) is 0. The van der Waals surface area contributed by atoms with Crippen molar-refractivity contribution in [1.29, 1.82) is 5.26 Å².